The second kappa shape index (κ2) is 5.93. The van der Waals surface area contributed by atoms with Crippen molar-refractivity contribution in [3.05, 3.63) is 65.2 Å². The molecule has 100 valence electrons. The van der Waals surface area contributed by atoms with Gasteiger partial charge in [-0.25, -0.2) is 9.18 Å². The number of pyridine rings is 1. The van der Waals surface area contributed by atoms with Gasteiger partial charge >= 0.3 is 5.97 Å². The Morgan fingerprint density at radius 3 is 2.65 bits per heavy atom. The van der Waals surface area contributed by atoms with E-state index in [-0.39, 0.29) is 5.56 Å². The average molecular weight is 270 g/mol. The van der Waals surface area contributed by atoms with Gasteiger partial charge in [0.25, 0.3) is 0 Å². The predicted octanol–water partition coefficient (Wildman–Crippen LogP) is 3.01. The highest BCUT2D eigenvalue weighted by atomic mass is 19.1. The van der Waals surface area contributed by atoms with Crippen molar-refractivity contribution >= 4 is 5.97 Å². The van der Waals surface area contributed by atoms with Crippen LogP contribution in [0.3, 0.4) is 0 Å². The van der Waals surface area contributed by atoms with Gasteiger partial charge in [0, 0.05) is 6.20 Å². The van der Waals surface area contributed by atoms with Gasteiger partial charge in [0.15, 0.2) is 5.82 Å². The first-order chi connectivity index (χ1) is 9.61. The van der Waals surface area contributed by atoms with Crippen LogP contribution in [0.5, 0.6) is 0 Å². The summed E-state index contributed by atoms with van der Waals surface area (Å²) in [5, 5.41) is 8.71. The van der Waals surface area contributed by atoms with E-state index >= 15 is 0 Å². The maximum absolute atomic E-state index is 13.4. The fraction of sp³-hybridized carbons (Fsp3) is 0.133. The smallest absolute Gasteiger partial charge is 0.341 e. The summed E-state index contributed by atoms with van der Waals surface area (Å²) in [6, 6.07) is 9.92. The van der Waals surface area contributed by atoms with Crippen molar-refractivity contribution < 1.29 is 13.9 Å². The molecule has 0 N–H and O–H groups in total. The highest BCUT2D eigenvalue weighted by Crippen LogP contribution is 2.19. The van der Waals surface area contributed by atoms with Crippen molar-refractivity contribution in [2.75, 3.05) is 0 Å². The van der Waals surface area contributed by atoms with Crippen molar-refractivity contribution in [3.8, 4) is 6.07 Å². The lowest BCUT2D eigenvalue weighted by molar-refractivity contribution is 0.0332. The number of benzene rings is 1. The number of esters is 1. The highest BCUT2D eigenvalue weighted by molar-refractivity contribution is 5.89. The Hall–Kier alpha value is -2.74. The third kappa shape index (κ3) is 2.98. The van der Waals surface area contributed by atoms with Gasteiger partial charge in [-0.05, 0) is 30.7 Å². The molecule has 0 saturated carbocycles. The SMILES string of the molecule is C[C@H](OC(=O)c1ccncc1F)c1ccc(C#N)cc1. The van der Waals surface area contributed by atoms with Crippen LogP contribution in [0.1, 0.15) is 34.5 Å². The summed E-state index contributed by atoms with van der Waals surface area (Å²) in [4.78, 5) is 15.4. The first-order valence-corrected chi connectivity index (χ1v) is 5.92. The fourth-order valence-corrected chi connectivity index (χ4v) is 1.66. The maximum Gasteiger partial charge on any atom is 0.341 e. The monoisotopic (exact) mass is 270 g/mol. The standard InChI is InChI=1S/C15H11FN2O2/c1-10(12-4-2-11(8-17)3-5-12)20-15(19)13-6-7-18-9-14(13)16/h2-7,9-10H,1H3/t10-/m0/s1. The van der Waals surface area contributed by atoms with Gasteiger partial charge in [-0.15, -0.1) is 0 Å². The van der Waals surface area contributed by atoms with Gasteiger partial charge in [0.1, 0.15) is 6.10 Å². The number of nitrogens with zero attached hydrogens (tertiary/aromatic N) is 2. The van der Waals surface area contributed by atoms with E-state index in [1.807, 2.05) is 6.07 Å². The van der Waals surface area contributed by atoms with E-state index in [0.29, 0.717) is 5.56 Å². The summed E-state index contributed by atoms with van der Waals surface area (Å²) in [5.41, 5.74) is 1.10. The third-order valence-electron chi connectivity index (χ3n) is 2.79. The minimum atomic E-state index is -0.748. The Labute approximate surface area is 115 Å². The van der Waals surface area contributed by atoms with Crippen molar-refractivity contribution in [1.29, 1.82) is 5.26 Å². The fourth-order valence-electron chi connectivity index (χ4n) is 1.66. The summed E-state index contributed by atoms with van der Waals surface area (Å²) in [5.74, 6) is -1.47. The van der Waals surface area contributed by atoms with Gasteiger partial charge < -0.3 is 4.74 Å². The van der Waals surface area contributed by atoms with E-state index in [4.69, 9.17) is 10.00 Å². The van der Waals surface area contributed by atoms with Crippen LogP contribution in [-0.4, -0.2) is 11.0 Å². The van der Waals surface area contributed by atoms with E-state index in [2.05, 4.69) is 4.98 Å². The summed E-state index contributed by atoms with van der Waals surface area (Å²) >= 11 is 0. The number of hydrogen-bond acceptors (Lipinski definition) is 4. The maximum atomic E-state index is 13.4. The van der Waals surface area contributed by atoms with Crippen LogP contribution in [-0.2, 0) is 4.74 Å². The Morgan fingerprint density at radius 1 is 1.35 bits per heavy atom. The Kier molecular flexibility index (Phi) is 4.06. The summed E-state index contributed by atoms with van der Waals surface area (Å²) < 4.78 is 18.6. The van der Waals surface area contributed by atoms with E-state index in [0.717, 1.165) is 11.8 Å². The molecule has 0 aliphatic rings. The van der Waals surface area contributed by atoms with Crippen molar-refractivity contribution in [2.45, 2.75) is 13.0 Å². The number of carbonyl (C=O) groups excluding carboxylic acids is 1. The summed E-state index contributed by atoms with van der Waals surface area (Å²) in [7, 11) is 0. The zero-order chi connectivity index (χ0) is 14.5. The molecule has 0 aliphatic heterocycles. The number of hydrogen-bond donors (Lipinski definition) is 0. The minimum absolute atomic E-state index is 0.152. The van der Waals surface area contributed by atoms with Crippen LogP contribution in [0, 0.1) is 17.1 Å². The molecular formula is C15H11FN2O2. The van der Waals surface area contributed by atoms with Crippen LogP contribution in [0.2, 0.25) is 0 Å². The first-order valence-electron chi connectivity index (χ1n) is 5.92. The molecule has 1 atom stereocenters. The largest absolute Gasteiger partial charge is 0.454 e. The van der Waals surface area contributed by atoms with Crippen molar-refractivity contribution in [2.24, 2.45) is 0 Å². The molecule has 0 unspecified atom stereocenters. The number of aromatic nitrogens is 1. The van der Waals surface area contributed by atoms with Crippen LogP contribution < -0.4 is 0 Å². The summed E-state index contributed by atoms with van der Waals surface area (Å²) in [6.45, 7) is 1.68. The number of carbonyl (C=O) groups is 1. The second-order valence-electron chi connectivity index (χ2n) is 4.14. The van der Waals surface area contributed by atoms with Gasteiger partial charge in [0.05, 0.1) is 23.4 Å². The molecule has 0 saturated heterocycles. The van der Waals surface area contributed by atoms with Crippen LogP contribution >= 0.6 is 0 Å². The number of nitriles is 1. The van der Waals surface area contributed by atoms with Crippen LogP contribution in [0.15, 0.2) is 42.7 Å². The molecule has 2 rings (SSSR count). The first kappa shape index (κ1) is 13.7. The lowest BCUT2D eigenvalue weighted by atomic mass is 10.1. The molecular weight excluding hydrogens is 259 g/mol. The third-order valence-corrected chi connectivity index (χ3v) is 2.79. The number of halogens is 1. The average Bonchev–Trinajstić information content (AvgIpc) is 2.47. The van der Waals surface area contributed by atoms with Gasteiger partial charge in [0.2, 0.25) is 0 Å². The van der Waals surface area contributed by atoms with Crippen molar-refractivity contribution in [3.63, 3.8) is 0 Å². The van der Waals surface area contributed by atoms with E-state index in [9.17, 15) is 9.18 Å². The molecule has 1 heterocycles. The minimum Gasteiger partial charge on any atom is -0.454 e. The Bertz CT molecular complexity index is 662. The van der Waals surface area contributed by atoms with Crippen LogP contribution in [0.4, 0.5) is 4.39 Å². The topological polar surface area (TPSA) is 63.0 Å². The Morgan fingerprint density at radius 2 is 2.05 bits per heavy atom. The molecule has 0 aliphatic carbocycles. The zero-order valence-corrected chi connectivity index (χ0v) is 10.7. The molecule has 0 spiro atoms. The Balaban J connectivity index is 2.11. The molecule has 20 heavy (non-hydrogen) atoms. The molecule has 0 radical (unpaired) electrons. The van der Waals surface area contributed by atoms with Crippen molar-refractivity contribution in [1.82, 2.24) is 4.98 Å². The molecule has 1 aromatic heterocycles. The zero-order valence-electron chi connectivity index (χ0n) is 10.7. The lowest BCUT2D eigenvalue weighted by Crippen LogP contribution is -2.11. The number of ether oxygens (including phenoxy) is 1. The van der Waals surface area contributed by atoms with Crippen LogP contribution in [0.25, 0.3) is 0 Å². The van der Waals surface area contributed by atoms with E-state index in [1.54, 1.807) is 31.2 Å². The molecule has 0 fully saturated rings. The molecule has 2 aromatic rings. The normalized spacial score (nSPS) is 11.4. The van der Waals surface area contributed by atoms with Gasteiger partial charge in [-0.1, -0.05) is 12.1 Å². The molecule has 4 nitrogen and oxygen atoms in total. The molecule has 5 heteroatoms. The number of rotatable bonds is 3. The van der Waals surface area contributed by atoms with Gasteiger partial charge in [-0.3, -0.25) is 4.98 Å². The predicted molar refractivity (Wildman–Crippen MR) is 69.2 cm³/mol. The molecule has 0 bridgehead atoms. The van der Waals surface area contributed by atoms with Gasteiger partial charge in [-0.2, -0.15) is 5.26 Å². The van der Waals surface area contributed by atoms with E-state index in [1.165, 1.54) is 12.3 Å². The second-order valence-corrected chi connectivity index (χ2v) is 4.14. The highest BCUT2D eigenvalue weighted by Gasteiger charge is 2.17. The molecule has 0 amide bonds. The summed E-state index contributed by atoms with van der Waals surface area (Å²) in [6.07, 6.45) is 1.75. The van der Waals surface area contributed by atoms with E-state index < -0.39 is 17.9 Å². The lowest BCUT2D eigenvalue weighted by Gasteiger charge is -2.13. The molecule has 1 aromatic carbocycles. The quantitative estimate of drug-likeness (QED) is 0.804.